The molecule has 0 aromatic heterocycles. The van der Waals surface area contributed by atoms with Gasteiger partial charge in [0.05, 0.1) is 4.90 Å². The first-order chi connectivity index (χ1) is 13.8. The summed E-state index contributed by atoms with van der Waals surface area (Å²) in [6.45, 7) is 4.06. The highest BCUT2D eigenvalue weighted by Crippen LogP contribution is 2.25. The third-order valence-corrected chi connectivity index (χ3v) is 7.05. The number of rotatable bonds is 7. The van der Waals surface area contributed by atoms with Crippen molar-refractivity contribution < 1.29 is 8.42 Å². The van der Waals surface area contributed by atoms with Crippen molar-refractivity contribution in [1.29, 1.82) is 0 Å². The molecule has 1 atom stereocenters. The molecule has 0 bridgehead atoms. The topological polar surface area (TPSA) is 55.9 Å². The number of hydrogen-bond donors (Lipinski definition) is 1. The minimum atomic E-state index is -3.61. The first-order valence-corrected chi connectivity index (χ1v) is 11.6. The van der Waals surface area contributed by atoms with Crippen LogP contribution in [0.15, 0.2) is 53.4 Å². The molecule has 6 nitrogen and oxygen atoms in total. The number of nitrogens with zero attached hydrogens (tertiary/aromatic N) is 3. The molecule has 1 aliphatic heterocycles. The van der Waals surface area contributed by atoms with Crippen molar-refractivity contribution in [2.45, 2.75) is 10.9 Å². The van der Waals surface area contributed by atoms with Gasteiger partial charge >= 0.3 is 0 Å². The summed E-state index contributed by atoms with van der Waals surface area (Å²) in [7, 11) is 2.52. The number of likely N-dealkylation sites (N-methyl/N-ethyl adjacent to an activating group) is 1. The average Bonchev–Trinajstić information content (AvgIpc) is 2.70. The van der Waals surface area contributed by atoms with Gasteiger partial charge in [0.15, 0.2) is 0 Å². The highest BCUT2D eigenvalue weighted by Gasteiger charge is 2.26. The molecule has 0 radical (unpaired) electrons. The number of halogens is 1. The lowest BCUT2D eigenvalue weighted by molar-refractivity contribution is 0.113. The maximum Gasteiger partial charge on any atom is 0.240 e. The van der Waals surface area contributed by atoms with Crippen LogP contribution in [0.25, 0.3) is 0 Å². The standard InChI is InChI=1S/C21H29ClN4O2S/c1-24(2)19-8-4-17(5-9-19)21(26-14-12-25(3)13-15-26)16-23-29(27,28)20-10-6-18(22)7-11-20/h4-11,21,23H,12-16H2,1-3H3. The van der Waals surface area contributed by atoms with Crippen molar-refractivity contribution in [2.24, 2.45) is 0 Å². The van der Waals surface area contributed by atoms with Crippen LogP contribution in [0.2, 0.25) is 5.02 Å². The lowest BCUT2D eigenvalue weighted by Gasteiger charge is -2.38. The monoisotopic (exact) mass is 436 g/mol. The van der Waals surface area contributed by atoms with Gasteiger partial charge in [-0.1, -0.05) is 23.7 Å². The lowest BCUT2D eigenvalue weighted by atomic mass is 10.0. The van der Waals surface area contributed by atoms with E-state index in [1.54, 1.807) is 12.1 Å². The molecule has 1 heterocycles. The Balaban J connectivity index is 1.80. The van der Waals surface area contributed by atoms with Crippen LogP contribution >= 0.6 is 11.6 Å². The Labute approximate surface area is 179 Å². The Hall–Kier alpha value is -1.64. The van der Waals surface area contributed by atoms with E-state index in [0.29, 0.717) is 11.6 Å². The van der Waals surface area contributed by atoms with E-state index in [9.17, 15) is 8.42 Å². The summed E-state index contributed by atoms with van der Waals surface area (Å²) >= 11 is 5.89. The van der Waals surface area contributed by atoms with Gasteiger partial charge in [0, 0.05) is 63.6 Å². The fourth-order valence-corrected chi connectivity index (χ4v) is 4.64. The van der Waals surface area contributed by atoms with Gasteiger partial charge < -0.3 is 9.80 Å². The lowest BCUT2D eigenvalue weighted by Crippen LogP contribution is -2.48. The summed E-state index contributed by atoms with van der Waals surface area (Å²) < 4.78 is 28.3. The van der Waals surface area contributed by atoms with Gasteiger partial charge in [-0.2, -0.15) is 0 Å². The van der Waals surface area contributed by atoms with Crippen LogP contribution in [0.5, 0.6) is 0 Å². The predicted molar refractivity (Wildman–Crippen MR) is 119 cm³/mol. The van der Waals surface area contributed by atoms with Gasteiger partial charge in [-0.05, 0) is 49.0 Å². The second-order valence-electron chi connectivity index (χ2n) is 7.65. The molecule has 8 heteroatoms. The number of piperazine rings is 1. The SMILES string of the molecule is CN1CCN(C(CNS(=O)(=O)c2ccc(Cl)cc2)c2ccc(N(C)C)cc2)CC1. The Bertz CT molecular complexity index is 893. The Morgan fingerprint density at radius 2 is 1.59 bits per heavy atom. The predicted octanol–water partition coefficient (Wildman–Crippen LogP) is 2.67. The van der Waals surface area contributed by atoms with Crippen LogP contribution in [0.1, 0.15) is 11.6 Å². The molecule has 1 aliphatic rings. The highest BCUT2D eigenvalue weighted by molar-refractivity contribution is 7.89. The number of nitrogens with one attached hydrogen (secondary N) is 1. The summed E-state index contributed by atoms with van der Waals surface area (Å²) in [6, 6.07) is 14.6. The molecule has 29 heavy (non-hydrogen) atoms. The molecule has 0 aliphatic carbocycles. The zero-order chi connectivity index (χ0) is 21.0. The van der Waals surface area contributed by atoms with Crippen LogP contribution < -0.4 is 9.62 Å². The number of hydrogen-bond acceptors (Lipinski definition) is 5. The summed E-state index contributed by atoms with van der Waals surface area (Å²) in [4.78, 5) is 6.93. The van der Waals surface area contributed by atoms with Crippen molar-refractivity contribution >= 4 is 27.3 Å². The van der Waals surface area contributed by atoms with Gasteiger partial charge in [-0.25, -0.2) is 13.1 Å². The van der Waals surface area contributed by atoms with Crippen molar-refractivity contribution in [1.82, 2.24) is 14.5 Å². The molecule has 1 saturated heterocycles. The van der Waals surface area contributed by atoms with E-state index in [2.05, 4.69) is 50.7 Å². The van der Waals surface area contributed by atoms with E-state index in [1.165, 1.54) is 12.1 Å². The Morgan fingerprint density at radius 3 is 2.14 bits per heavy atom. The number of benzene rings is 2. The molecular formula is C21H29ClN4O2S. The third-order valence-electron chi connectivity index (χ3n) is 5.36. The van der Waals surface area contributed by atoms with Crippen LogP contribution in [-0.2, 0) is 10.0 Å². The van der Waals surface area contributed by atoms with Gasteiger partial charge in [0.25, 0.3) is 0 Å². The maximum absolute atomic E-state index is 12.8. The molecule has 3 rings (SSSR count). The number of sulfonamides is 1. The molecule has 2 aromatic carbocycles. The molecule has 2 aromatic rings. The van der Waals surface area contributed by atoms with Gasteiger partial charge in [-0.15, -0.1) is 0 Å². The molecule has 0 saturated carbocycles. The molecule has 1 fully saturated rings. The van der Waals surface area contributed by atoms with Crippen LogP contribution in [0.4, 0.5) is 5.69 Å². The van der Waals surface area contributed by atoms with Crippen molar-refractivity contribution in [3.05, 3.63) is 59.1 Å². The van der Waals surface area contributed by atoms with Gasteiger partial charge in [0.2, 0.25) is 10.0 Å². The summed E-state index contributed by atoms with van der Waals surface area (Å²) in [5.41, 5.74) is 2.23. The molecular weight excluding hydrogens is 408 g/mol. The average molecular weight is 437 g/mol. The van der Waals surface area contributed by atoms with Crippen LogP contribution in [-0.4, -0.2) is 72.1 Å². The van der Waals surface area contributed by atoms with Crippen LogP contribution in [0.3, 0.4) is 0 Å². The van der Waals surface area contributed by atoms with Crippen LogP contribution in [0, 0.1) is 0 Å². The van der Waals surface area contributed by atoms with E-state index in [0.717, 1.165) is 37.4 Å². The molecule has 1 unspecified atom stereocenters. The Morgan fingerprint density at radius 1 is 1.00 bits per heavy atom. The zero-order valence-electron chi connectivity index (χ0n) is 17.2. The number of anilines is 1. The highest BCUT2D eigenvalue weighted by atomic mass is 35.5. The molecule has 1 N–H and O–H groups in total. The molecule has 0 amide bonds. The zero-order valence-corrected chi connectivity index (χ0v) is 18.7. The van der Waals surface area contributed by atoms with E-state index in [1.807, 2.05) is 14.1 Å². The second-order valence-corrected chi connectivity index (χ2v) is 9.85. The first kappa shape index (κ1) is 22.1. The molecule has 0 spiro atoms. The van der Waals surface area contributed by atoms with E-state index < -0.39 is 10.0 Å². The maximum atomic E-state index is 12.8. The minimum absolute atomic E-state index is 0.0259. The normalized spacial score (nSPS) is 17.2. The largest absolute Gasteiger partial charge is 0.378 e. The summed E-state index contributed by atoms with van der Waals surface area (Å²) in [6.07, 6.45) is 0. The summed E-state index contributed by atoms with van der Waals surface area (Å²) in [5, 5.41) is 0.514. The third kappa shape index (κ3) is 5.71. The van der Waals surface area contributed by atoms with E-state index >= 15 is 0 Å². The van der Waals surface area contributed by atoms with Crippen molar-refractivity contribution in [3.63, 3.8) is 0 Å². The van der Waals surface area contributed by atoms with Gasteiger partial charge in [0.1, 0.15) is 0 Å². The minimum Gasteiger partial charge on any atom is -0.378 e. The fourth-order valence-electron chi connectivity index (χ4n) is 3.47. The van der Waals surface area contributed by atoms with Gasteiger partial charge in [-0.3, -0.25) is 4.90 Å². The first-order valence-electron chi connectivity index (χ1n) is 9.71. The summed E-state index contributed by atoms with van der Waals surface area (Å²) in [5.74, 6) is 0. The van der Waals surface area contributed by atoms with E-state index in [4.69, 9.17) is 11.6 Å². The quantitative estimate of drug-likeness (QED) is 0.723. The van der Waals surface area contributed by atoms with Crippen molar-refractivity contribution in [2.75, 3.05) is 58.8 Å². The smallest absolute Gasteiger partial charge is 0.240 e. The Kier molecular flexibility index (Phi) is 7.19. The molecule has 158 valence electrons. The fraction of sp³-hybridized carbons (Fsp3) is 0.429. The van der Waals surface area contributed by atoms with E-state index in [-0.39, 0.29) is 10.9 Å². The van der Waals surface area contributed by atoms with Crippen molar-refractivity contribution in [3.8, 4) is 0 Å². The second kappa shape index (κ2) is 9.45.